The Bertz CT molecular complexity index is 66.3. The molecule has 2 heteroatoms. The van der Waals surface area contributed by atoms with Crippen molar-refractivity contribution in [3.8, 4) is 0 Å². The van der Waals surface area contributed by atoms with Gasteiger partial charge in [-0.1, -0.05) is 20.3 Å². The molecular weight excluding hydrogens is 142 g/mol. The standard InChI is InChI=1S/C8H19NS/c1-3-5-8(2)10-7-4-6-9/h8H,3-7,9H2,1-2H3. The Morgan fingerprint density at radius 1 is 1.50 bits per heavy atom. The van der Waals surface area contributed by atoms with Gasteiger partial charge in [0.15, 0.2) is 0 Å². The zero-order chi connectivity index (χ0) is 7.82. The highest BCUT2D eigenvalue weighted by molar-refractivity contribution is 7.99. The van der Waals surface area contributed by atoms with E-state index in [4.69, 9.17) is 5.73 Å². The molecule has 0 aromatic rings. The Morgan fingerprint density at radius 3 is 2.70 bits per heavy atom. The minimum atomic E-state index is 0.830. The lowest BCUT2D eigenvalue weighted by Crippen LogP contribution is -2.02. The molecule has 0 rings (SSSR count). The van der Waals surface area contributed by atoms with E-state index in [2.05, 4.69) is 13.8 Å². The third-order valence-corrected chi connectivity index (χ3v) is 2.78. The summed E-state index contributed by atoms with van der Waals surface area (Å²) in [4.78, 5) is 0. The van der Waals surface area contributed by atoms with E-state index in [0.717, 1.165) is 11.8 Å². The number of hydrogen-bond acceptors (Lipinski definition) is 2. The van der Waals surface area contributed by atoms with Gasteiger partial charge in [0.2, 0.25) is 0 Å². The Labute approximate surface area is 68.8 Å². The van der Waals surface area contributed by atoms with Gasteiger partial charge in [-0.15, -0.1) is 0 Å². The van der Waals surface area contributed by atoms with Crippen LogP contribution in [-0.4, -0.2) is 17.5 Å². The third kappa shape index (κ3) is 6.43. The van der Waals surface area contributed by atoms with Crippen molar-refractivity contribution < 1.29 is 0 Å². The molecule has 0 aliphatic heterocycles. The zero-order valence-corrected chi connectivity index (χ0v) is 7.91. The van der Waals surface area contributed by atoms with Crippen molar-refractivity contribution in [1.82, 2.24) is 0 Å². The van der Waals surface area contributed by atoms with Gasteiger partial charge in [-0.05, 0) is 25.1 Å². The fraction of sp³-hybridized carbons (Fsp3) is 1.00. The van der Waals surface area contributed by atoms with Crippen LogP contribution in [0.5, 0.6) is 0 Å². The van der Waals surface area contributed by atoms with E-state index in [1.807, 2.05) is 11.8 Å². The van der Waals surface area contributed by atoms with Gasteiger partial charge in [0.25, 0.3) is 0 Å². The minimum Gasteiger partial charge on any atom is -0.330 e. The van der Waals surface area contributed by atoms with E-state index in [1.54, 1.807) is 0 Å². The van der Waals surface area contributed by atoms with Crippen molar-refractivity contribution in [3.63, 3.8) is 0 Å². The molecule has 62 valence electrons. The van der Waals surface area contributed by atoms with Gasteiger partial charge in [0, 0.05) is 5.25 Å². The molecule has 0 aromatic carbocycles. The fourth-order valence-corrected chi connectivity index (χ4v) is 2.00. The zero-order valence-electron chi connectivity index (χ0n) is 7.10. The van der Waals surface area contributed by atoms with Crippen LogP contribution in [0.2, 0.25) is 0 Å². The molecule has 0 fully saturated rings. The molecule has 0 saturated heterocycles. The molecule has 0 bridgehead atoms. The number of nitrogens with two attached hydrogens (primary N) is 1. The maximum atomic E-state index is 5.38. The molecule has 1 unspecified atom stereocenters. The van der Waals surface area contributed by atoms with E-state index in [1.165, 1.54) is 25.0 Å². The molecule has 1 atom stereocenters. The van der Waals surface area contributed by atoms with Gasteiger partial charge in [0.1, 0.15) is 0 Å². The summed E-state index contributed by atoms with van der Waals surface area (Å²) in [6.07, 6.45) is 3.81. The summed E-state index contributed by atoms with van der Waals surface area (Å²) in [7, 11) is 0. The average molecular weight is 161 g/mol. The van der Waals surface area contributed by atoms with E-state index < -0.39 is 0 Å². The van der Waals surface area contributed by atoms with Gasteiger partial charge in [-0.3, -0.25) is 0 Å². The van der Waals surface area contributed by atoms with Crippen molar-refractivity contribution in [2.24, 2.45) is 5.73 Å². The molecule has 0 aliphatic rings. The van der Waals surface area contributed by atoms with Gasteiger partial charge in [0.05, 0.1) is 0 Å². The van der Waals surface area contributed by atoms with Gasteiger partial charge in [-0.2, -0.15) is 11.8 Å². The van der Waals surface area contributed by atoms with Crippen LogP contribution in [0.25, 0.3) is 0 Å². The van der Waals surface area contributed by atoms with Crippen LogP contribution in [0.3, 0.4) is 0 Å². The van der Waals surface area contributed by atoms with Crippen LogP contribution in [-0.2, 0) is 0 Å². The summed E-state index contributed by atoms with van der Waals surface area (Å²) in [5.74, 6) is 1.23. The first-order valence-corrected chi connectivity index (χ1v) is 5.17. The highest BCUT2D eigenvalue weighted by Gasteiger charge is 1.98. The van der Waals surface area contributed by atoms with Crippen LogP contribution in [0.15, 0.2) is 0 Å². The quantitative estimate of drug-likeness (QED) is 0.605. The van der Waals surface area contributed by atoms with Crippen LogP contribution in [0.1, 0.15) is 33.1 Å². The predicted octanol–water partition coefficient (Wildman–Crippen LogP) is 2.26. The van der Waals surface area contributed by atoms with E-state index >= 15 is 0 Å². The number of rotatable bonds is 6. The SMILES string of the molecule is CCCC(C)SCCCN. The molecule has 1 nitrogen and oxygen atoms in total. The first-order valence-electron chi connectivity index (χ1n) is 4.13. The molecule has 0 spiro atoms. The maximum Gasteiger partial charge on any atom is 0.00186 e. The molecule has 0 amide bonds. The van der Waals surface area contributed by atoms with Crippen molar-refractivity contribution in [2.75, 3.05) is 12.3 Å². The van der Waals surface area contributed by atoms with E-state index in [0.29, 0.717) is 0 Å². The largest absolute Gasteiger partial charge is 0.330 e. The van der Waals surface area contributed by atoms with Gasteiger partial charge in [-0.25, -0.2) is 0 Å². The summed E-state index contributed by atoms with van der Waals surface area (Å²) in [5, 5.41) is 0.830. The third-order valence-electron chi connectivity index (χ3n) is 1.45. The molecule has 0 heterocycles. The number of hydrogen-bond donors (Lipinski definition) is 1. The van der Waals surface area contributed by atoms with Crippen molar-refractivity contribution >= 4 is 11.8 Å². The summed E-state index contributed by atoms with van der Waals surface area (Å²) in [6, 6.07) is 0. The minimum absolute atomic E-state index is 0.830. The Morgan fingerprint density at radius 2 is 2.20 bits per heavy atom. The lowest BCUT2D eigenvalue weighted by Gasteiger charge is -2.07. The van der Waals surface area contributed by atoms with E-state index in [-0.39, 0.29) is 0 Å². The molecule has 0 saturated carbocycles. The summed E-state index contributed by atoms with van der Waals surface area (Å²) >= 11 is 2.05. The van der Waals surface area contributed by atoms with E-state index in [9.17, 15) is 0 Å². The molecule has 0 aromatic heterocycles. The molecule has 10 heavy (non-hydrogen) atoms. The lowest BCUT2D eigenvalue weighted by molar-refractivity contribution is 0.785. The highest BCUT2D eigenvalue weighted by Crippen LogP contribution is 2.15. The van der Waals surface area contributed by atoms with Crippen molar-refractivity contribution in [1.29, 1.82) is 0 Å². The molecule has 0 aliphatic carbocycles. The maximum absolute atomic E-state index is 5.38. The van der Waals surface area contributed by atoms with Crippen molar-refractivity contribution in [3.05, 3.63) is 0 Å². The molecule has 0 radical (unpaired) electrons. The summed E-state index contributed by atoms with van der Waals surface area (Å²) < 4.78 is 0. The van der Waals surface area contributed by atoms with Gasteiger partial charge >= 0.3 is 0 Å². The smallest absolute Gasteiger partial charge is 0.00186 e. The molecule has 2 N–H and O–H groups in total. The van der Waals surface area contributed by atoms with Crippen LogP contribution < -0.4 is 5.73 Å². The second kappa shape index (κ2) is 7.42. The van der Waals surface area contributed by atoms with Crippen LogP contribution in [0.4, 0.5) is 0 Å². The predicted molar refractivity (Wildman–Crippen MR) is 50.5 cm³/mol. The topological polar surface area (TPSA) is 26.0 Å². The van der Waals surface area contributed by atoms with Crippen LogP contribution >= 0.6 is 11.8 Å². The van der Waals surface area contributed by atoms with Crippen molar-refractivity contribution in [2.45, 2.75) is 38.4 Å². The molecular formula is C8H19NS. The monoisotopic (exact) mass is 161 g/mol. The normalized spacial score (nSPS) is 13.5. The van der Waals surface area contributed by atoms with Gasteiger partial charge < -0.3 is 5.73 Å². The lowest BCUT2D eigenvalue weighted by atomic mass is 10.3. The van der Waals surface area contributed by atoms with Crippen LogP contribution in [0, 0.1) is 0 Å². The summed E-state index contributed by atoms with van der Waals surface area (Å²) in [6.45, 7) is 5.37. The Balaban J connectivity index is 2.97. The Hall–Kier alpha value is 0.310. The first-order chi connectivity index (χ1) is 4.81. The fourth-order valence-electron chi connectivity index (χ4n) is 0.858. The Kier molecular flexibility index (Phi) is 7.65. The second-order valence-corrected chi connectivity index (χ2v) is 4.16. The summed E-state index contributed by atoms with van der Waals surface area (Å²) in [5.41, 5.74) is 5.38. The number of thioether (sulfide) groups is 1. The second-order valence-electron chi connectivity index (χ2n) is 2.61. The first kappa shape index (κ1) is 10.3. The average Bonchev–Trinajstić information content (AvgIpc) is 1.89. The highest BCUT2D eigenvalue weighted by atomic mass is 32.2.